The van der Waals surface area contributed by atoms with Gasteiger partial charge in [-0.2, -0.15) is 0 Å². The molecular formula is C25H24FN5O2S. The standard InChI is InChI=1S/C25H24FN5O2S/c1-25(2,3)33-24(32)30-9-7-17-18(30)12-31(17)23-16-11-27-20(19(26)21(16)28-13-29-23)15-6-4-5-14-8-10-34-22(14)15/h4-6,8,10-11,13,17-18H,7,9,12H2,1-3H3/t17-,18-/m1/s1. The van der Waals surface area contributed by atoms with Gasteiger partial charge in [0, 0.05) is 29.5 Å². The first-order valence-corrected chi connectivity index (χ1v) is 12.2. The largest absolute Gasteiger partial charge is 0.444 e. The van der Waals surface area contributed by atoms with E-state index < -0.39 is 11.4 Å². The number of hydrogen-bond donors (Lipinski definition) is 0. The summed E-state index contributed by atoms with van der Waals surface area (Å²) in [6.45, 7) is 6.85. The lowest BCUT2D eigenvalue weighted by atomic mass is 9.96. The van der Waals surface area contributed by atoms with Crippen molar-refractivity contribution in [3.05, 3.63) is 48.0 Å². The first-order valence-electron chi connectivity index (χ1n) is 11.3. The number of amides is 1. The summed E-state index contributed by atoms with van der Waals surface area (Å²) in [4.78, 5) is 29.8. The number of aromatic nitrogens is 3. The summed E-state index contributed by atoms with van der Waals surface area (Å²) >= 11 is 1.57. The molecule has 2 atom stereocenters. The molecule has 0 spiro atoms. The van der Waals surface area contributed by atoms with Crippen LogP contribution in [0.3, 0.4) is 0 Å². The second-order valence-corrected chi connectivity index (χ2v) is 10.7. The molecule has 34 heavy (non-hydrogen) atoms. The first-order chi connectivity index (χ1) is 16.3. The highest BCUT2D eigenvalue weighted by Crippen LogP contribution is 2.40. The molecule has 0 bridgehead atoms. The maximum Gasteiger partial charge on any atom is 0.410 e. The Labute approximate surface area is 200 Å². The first kappa shape index (κ1) is 21.2. The van der Waals surface area contributed by atoms with Crippen LogP contribution in [-0.4, -0.2) is 56.7 Å². The van der Waals surface area contributed by atoms with Gasteiger partial charge < -0.3 is 14.5 Å². The van der Waals surface area contributed by atoms with Crippen molar-refractivity contribution < 1.29 is 13.9 Å². The van der Waals surface area contributed by atoms with Gasteiger partial charge in [0.05, 0.1) is 17.5 Å². The summed E-state index contributed by atoms with van der Waals surface area (Å²) in [5, 5.41) is 3.64. The Kier molecular flexibility index (Phi) is 4.74. The summed E-state index contributed by atoms with van der Waals surface area (Å²) in [5.41, 5.74) is 0.785. The Morgan fingerprint density at radius 1 is 1.18 bits per heavy atom. The van der Waals surface area contributed by atoms with E-state index in [0.29, 0.717) is 30.0 Å². The third kappa shape index (κ3) is 3.29. The number of hydrogen-bond acceptors (Lipinski definition) is 7. The van der Waals surface area contributed by atoms with E-state index in [1.807, 2.05) is 50.4 Å². The molecule has 5 heterocycles. The molecule has 0 N–H and O–H groups in total. The molecule has 0 saturated carbocycles. The van der Waals surface area contributed by atoms with E-state index in [9.17, 15) is 4.79 Å². The number of benzene rings is 1. The van der Waals surface area contributed by atoms with Crippen LogP contribution >= 0.6 is 11.3 Å². The molecular weight excluding hydrogens is 453 g/mol. The van der Waals surface area contributed by atoms with Crippen LogP contribution in [0.5, 0.6) is 0 Å². The number of ether oxygens (including phenoxy) is 1. The SMILES string of the molecule is CC(C)(C)OC(=O)N1CC[C@@H]2[C@H]1CN2c1ncnc2c(F)c(-c3cccc4ccsc34)ncc12. The van der Waals surface area contributed by atoms with Crippen LogP contribution in [0.4, 0.5) is 15.0 Å². The highest BCUT2D eigenvalue weighted by Gasteiger charge is 2.50. The molecule has 2 saturated heterocycles. The van der Waals surface area contributed by atoms with Crippen molar-refractivity contribution >= 4 is 44.2 Å². The number of halogens is 1. The number of nitrogens with zero attached hydrogens (tertiary/aromatic N) is 5. The van der Waals surface area contributed by atoms with Gasteiger partial charge in [0.25, 0.3) is 0 Å². The Balaban J connectivity index is 1.32. The van der Waals surface area contributed by atoms with Gasteiger partial charge in [-0.05, 0) is 44.0 Å². The molecule has 6 rings (SSSR count). The molecule has 7 nitrogen and oxygen atoms in total. The number of likely N-dealkylation sites (tertiary alicyclic amines) is 1. The van der Waals surface area contributed by atoms with E-state index in [4.69, 9.17) is 4.74 Å². The van der Waals surface area contributed by atoms with Crippen LogP contribution in [-0.2, 0) is 4.74 Å². The van der Waals surface area contributed by atoms with E-state index in [1.165, 1.54) is 6.33 Å². The molecule has 1 aromatic carbocycles. The van der Waals surface area contributed by atoms with Crippen LogP contribution in [0.2, 0.25) is 0 Å². The van der Waals surface area contributed by atoms with E-state index in [0.717, 1.165) is 22.1 Å². The smallest absolute Gasteiger partial charge is 0.410 e. The minimum absolute atomic E-state index is 0.0633. The second kappa shape index (κ2) is 7.59. The zero-order valence-corrected chi connectivity index (χ0v) is 20.0. The Morgan fingerprint density at radius 3 is 2.85 bits per heavy atom. The molecule has 1 amide bonds. The van der Waals surface area contributed by atoms with Crippen LogP contribution < -0.4 is 4.90 Å². The van der Waals surface area contributed by atoms with Gasteiger partial charge in [-0.3, -0.25) is 4.98 Å². The van der Waals surface area contributed by atoms with Crippen LogP contribution in [0, 0.1) is 5.82 Å². The summed E-state index contributed by atoms with van der Waals surface area (Å²) in [5.74, 6) is 0.213. The summed E-state index contributed by atoms with van der Waals surface area (Å²) in [6, 6.07) is 8.02. The minimum atomic E-state index is -0.532. The number of fused-ring (bicyclic) bond motifs is 3. The van der Waals surface area contributed by atoms with E-state index in [2.05, 4.69) is 19.9 Å². The highest BCUT2D eigenvalue weighted by molar-refractivity contribution is 7.17. The lowest BCUT2D eigenvalue weighted by Gasteiger charge is -2.47. The van der Waals surface area contributed by atoms with Crippen molar-refractivity contribution in [2.24, 2.45) is 0 Å². The Bertz CT molecular complexity index is 1430. The van der Waals surface area contributed by atoms with E-state index in [1.54, 1.807) is 22.4 Å². The number of carbonyl (C=O) groups is 1. The normalized spacial score (nSPS) is 20.0. The number of pyridine rings is 1. The Hall–Kier alpha value is -3.33. The van der Waals surface area contributed by atoms with E-state index in [-0.39, 0.29) is 23.7 Å². The molecule has 0 radical (unpaired) electrons. The molecule has 0 aliphatic carbocycles. The number of anilines is 1. The van der Waals surface area contributed by atoms with Crippen molar-refractivity contribution in [3.8, 4) is 11.3 Å². The highest BCUT2D eigenvalue weighted by atomic mass is 32.1. The lowest BCUT2D eigenvalue weighted by molar-refractivity contribution is 0.0193. The van der Waals surface area contributed by atoms with Gasteiger partial charge in [-0.25, -0.2) is 19.2 Å². The summed E-state index contributed by atoms with van der Waals surface area (Å²) in [7, 11) is 0. The van der Waals surface area contributed by atoms with Gasteiger partial charge in [-0.15, -0.1) is 11.3 Å². The number of carbonyl (C=O) groups excluding carboxylic acids is 1. The van der Waals surface area contributed by atoms with Crippen LogP contribution in [0.1, 0.15) is 27.2 Å². The van der Waals surface area contributed by atoms with Gasteiger partial charge >= 0.3 is 6.09 Å². The maximum atomic E-state index is 15.7. The fraction of sp³-hybridized carbons (Fsp3) is 0.360. The van der Waals surface area contributed by atoms with Crippen molar-refractivity contribution in [2.45, 2.75) is 44.9 Å². The lowest BCUT2D eigenvalue weighted by Crippen LogP contribution is -2.63. The Morgan fingerprint density at radius 2 is 2.03 bits per heavy atom. The average molecular weight is 478 g/mol. The van der Waals surface area contributed by atoms with Gasteiger partial charge in [0.2, 0.25) is 0 Å². The van der Waals surface area contributed by atoms with Crippen molar-refractivity contribution in [1.29, 1.82) is 0 Å². The zero-order valence-electron chi connectivity index (χ0n) is 19.2. The molecule has 4 aromatic rings. The predicted octanol–water partition coefficient (Wildman–Crippen LogP) is 5.24. The average Bonchev–Trinajstić information content (AvgIpc) is 3.38. The van der Waals surface area contributed by atoms with Crippen LogP contribution in [0.25, 0.3) is 32.2 Å². The monoisotopic (exact) mass is 477 g/mol. The molecule has 0 unspecified atom stereocenters. The van der Waals surface area contributed by atoms with E-state index >= 15 is 4.39 Å². The molecule has 2 aliphatic rings. The maximum absolute atomic E-state index is 15.7. The van der Waals surface area contributed by atoms with Gasteiger partial charge in [0.15, 0.2) is 5.82 Å². The van der Waals surface area contributed by atoms with Crippen molar-refractivity contribution in [1.82, 2.24) is 19.9 Å². The fourth-order valence-corrected chi connectivity index (χ4v) is 5.90. The molecule has 9 heteroatoms. The fourth-order valence-electron chi connectivity index (χ4n) is 4.98. The number of rotatable bonds is 2. The second-order valence-electron chi connectivity index (χ2n) is 9.77. The van der Waals surface area contributed by atoms with Gasteiger partial charge in [-0.1, -0.05) is 18.2 Å². The topological polar surface area (TPSA) is 71.5 Å². The van der Waals surface area contributed by atoms with Crippen molar-refractivity contribution in [2.75, 3.05) is 18.0 Å². The minimum Gasteiger partial charge on any atom is -0.444 e. The third-order valence-electron chi connectivity index (χ3n) is 6.53. The molecule has 174 valence electrons. The summed E-state index contributed by atoms with van der Waals surface area (Å²) in [6.07, 6.45) is 3.60. The number of thiophene rings is 1. The van der Waals surface area contributed by atoms with Gasteiger partial charge in [0.1, 0.15) is 29.0 Å². The van der Waals surface area contributed by atoms with Crippen LogP contribution in [0.15, 0.2) is 42.2 Å². The zero-order chi connectivity index (χ0) is 23.6. The predicted molar refractivity (Wildman–Crippen MR) is 131 cm³/mol. The molecule has 3 aromatic heterocycles. The summed E-state index contributed by atoms with van der Waals surface area (Å²) < 4.78 is 22.3. The third-order valence-corrected chi connectivity index (χ3v) is 7.49. The van der Waals surface area contributed by atoms with Crippen molar-refractivity contribution in [3.63, 3.8) is 0 Å². The quantitative estimate of drug-likeness (QED) is 0.393. The molecule has 2 fully saturated rings. The molecule has 2 aliphatic heterocycles.